The van der Waals surface area contributed by atoms with Gasteiger partial charge in [-0.05, 0) is 18.2 Å². The van der Waals surface area contributed by atoms with Gasteiger partial charge in [0.15, 0.2) is 0 Å². The first-order valence-electron chi connectivity index (χ1n) is 5.42. The van der Waals surface area contributed by atoms with Gasteiger partial charge in [-0.1, -0.05) is 16.8 Å². The molecule has 0 aliphatic heterocycles. The first-order chi connectivity index (χ1) is 9.36. The molecule has 1 aromatic heterocycles. The van der Waals surface area contributed by atoms with Crippen molar-refractivity contribution in [2.75, 3.05) is 5.32 Å². The topological polar surface area (TPSA) is 55.1 Å². The largest absolute Gasteiger partial charge is 0.418 e. The van der Waals surface area contributed by atoms with E-state index in [1.54, 1.807) is 0 Å². The van der Waals surface area contributed by atoms with E-state index in [9.17, 15) is 18.0 Å². The van der Waals surface area contributed by atoms with Gasteiger partial charge in [0.25, 0.3) is 0 Å². The Bertz CT molecular complexity index is 612. The van der Waals surface area contributed by atoms with Crippen molar-refractivity contribution in [3.05, 3.63) is 46.8 Å². The number of carbonyl (C=O) groups excluding carboxylic acids is 1. The lowest BCUT2D eigenvalue weighted by atomic mass is 10.1. The Morgan fingerprint density at radius 2 is 2.10 bits per heavy atom. The molecule has 0 unspecified atom stereocenters. The number of benzene rings is 1. The fourth-order valence-electron chi connectivity index (χ4n) is 1.55. The zero-order chi connectivity index (χ0) is 14.8. The van der Waals surface area contributed by atoms with Crippen molar-refractivity contribution in [1.29, 1.82) is 0 Å². The standard InChI is InChI=1S/C12H8ClF3N2O2/c13-7-1-2-10(9(5-7)12(14,15)16)17-11(19)6-8-3-4-20-18-8/h1-5H,6H2,(H,17,19). The number of rotatable bonds is 3. The Hall–Kier alpha value is -2.02. The molecule has 0 spiro atoms. The number of anilines is 1. The van der Waals surface area contributed by atoms with Gasteiger partial charge >= 0.3 is 6.18 Å². The average Bonchev–Trinajstić information content (AvgIpc) is 2.82. The van der Waals surface area contributed by atoms with E-state index in [0.717, 1.165) is 12.1 Å². The van der Waals surface area contributed by atoms with E-state index < -0.39 is 17.6 Å². The maximum absolute atomic E-state index is 12.8. The highest BCUT2D eigenvalue weighted by atomic mass is 35.5. The molecule has 4 nitrogen and oxygen atoms in total. The highest BCUT2D eigenvalue weighted by molar-refractivity contribution is 6.30. The molecule has 0 radical (unpaired) electrons. The van der Waals surface area contributed by atoms with Crippen LogP contribution in [0.25, 0.3) is 0 Å². The second-order valence-corrected chi connectivity index (χ2v) is 4.34. The van der Waals surface area contributed by atoms with Crippen LogP contribution in [0.2, 0.25) is 5.02 Å². The summed E-state index contributed by atoms with van der Waals surface area (Å²) in [6.45, 7) is 0. The van der Waals surface area contributed by atoms with Crippen LogP contribution in [-0.4, -0.2) is 11.1 Å². The second-order valence-electron chi connectivity index (χ2n) is 3.90. The van der Waals surface area contributed by atoms with Crippen molar-refractivity contribution in [2.24, 2.45) is 0 Å². The van der Waals surface area contributed by atoms with Crippen molar-refractivity contribution in [1.82, 2.24) is 5.16 Å². The first kappa shape index (κ1) is 14.4. The van der Waals surface area contributed by atoms with E-state index in [1.807, 2.05) is 0 Å². The third-order valence-electron chi connectivity index (χ3n) is 2.39. The first-order valence-corrected chi connectivity index (χ1v) is 5.80. The molecule has 20 heavy (non-hydrogen) atoms. The van der Waals surface area contributed by atoms with Crippen LogP contribution in [0, 0.1) is 0 Å². The Balaban J connectivity index is 2.19. The van der Waals surface area contributed by atoms with E-state index >= 15 is 0 Å². The molecule has 1 N–H and O–H groups in total. The molecule has 0 fully saturated rings. The van der Waals surface area contributed by atoms with Crippen LogP contribution < -0.4 is 5.32 Å². The normalized spacial score (nSPS) is 11.4. The molecule has 2 aromatic rings. The SMILES string of the molecule is O=C(Cc1ccon1)Nc1ccc(Cl)cc1C(F)(F)F. The van der Waals surface area contributed by atoms with Crippen molar-refractivity contribution in [2.45, 2.75) is 12.6 Å². The van der Waals surface area contributed by atoms with Gasteiger partial charge in [0.2, 0.25) is 5.91 Å². The molecular formula is C12H8ClF3N2O2. The monoisotopic (exact) mass is 304 g/mol. The van der Waals surface area contributed by atoms with Crippen LogP contribution in [0.5, 0.6) is 0 Å². The zero-order valence-corrected chi connectivity index (χ0v) is 10.6. The van der Waals surface area contributed by atoms with Crippen molar-refractivity contribution in [3.63, 3.8) is 0 Å². The van der Waals surface area contributed by atoms with Crippen LogP contribution >= 0.6 is 11.6 Å². The third kappa shape index (κ3) is 3.51. The second kappa shape index (κ2) is 5.54. The molecule has 2 rings (SSSR count). The van der Waals surface area contributed by atoms with Gasteiger partial charge < -0.3 is 9.84 Å². The van der Waals surface area contributed by atoms with E-state index in [0.29, 0.717) is 5.69 Å². The fraction of sp³-hybridized carbons (Fsp3) is 0.167. The highest BCUT2D eigenvalue weighted by Gasteiger charge is 2.34. The summed E-state index contributed by atoms with van der Waals surface area (Å²) < 4.78 is 43.0. The van der Waals surface area contributed by atoms with Crippen LogP contribution in [0.4, 0.5) is 18.9 Å². The number of amides is 1. The van der Waals surface area contributed by atoms with Crippen LogP contribution in [-0.2, 0) is 17.4 Å². The minimum Gasteiger partial charge on any atom is -0.364 e. The van der Waals surface area contributed by atoms with Crippen molar-refractivity contribution in [3.8, 4) is 0 Å². The van der Waals surface area contributed by atoms with Gasteiger partial charge in [-0.25, -0.2) is 0 Å². The lowest BCUT2D eigenvalue weighted by molar-refractivity contribution is -0.137. The molecule has 106 valence electrons. The number of halogens is 4. The summed E-state index contributed by atoms with van der Waals surface area (Å²) in [5.74, 6) is -0.633. The van der Waals surface area contributed by atoms with E-state index in [2.05, 4.69) is 15.0 Å². The van der Waals surface area contributed by atoms with Crippen molar-refractivity contribution >= 4 is 23.2 Å². The average molecular weight is 305 g/mol. The number of carbonyl (C=O) groups is 1. The Kier molecular flexibility index (Phi) is 3.99. The van der Waals surface area contributed by atoms with Gasteiger partial charge in [0.05, 0.1) is 23.4 Å². The minimum absolute atomic E-state index is 0.0631. The predicted octanol–water partition coefficient (Wildman–Crippen LogP) is 3.53. The summed E-state index contributed by atoms with van der Waals surface area (Å²) in [5.41, 5.74) is -1.03. The lowest BCUT2D eigenvalue weighted by Crippen LogP contribution is -2.18. The summed E-state index contributed by atoms with van der Waals surface area (Å²) in [7, 11) is 0. The van der Waals surface area contributed by atoms with E-state index in [4.69, 9.17) is 11.6 Å². The number of nitrogens with one attached hydrogen (secondary N) is 1. The van der Waals surface area contributed by atoms with Crippen molar-refractivity contribution < 1.29 is 22.5 Å². The van der Waals surface area contributed by atoms with Gasteiger partial charge in [0.1, 0.15) is 6.26 Å². The summed E-state index contributed by atoms with van der Waals surface area (Å²) in [5, 5.41) is 5.62. The number of hydrogen-bond donors (Lipinski definition) is 1. The molecule has 0 bridgehead atoms. The maximum Gasteiger partial charge on any atom is 0.418 e. The van der Waals surface area contributed by atoms with Gasteiger partial charge in [-0.3, -0.25) is 4.79 Å². The van der Waals surface area contributed by atoms with Gasteiger partial charge in [0, 0.05) is 11.1 Å². The molecule has 1 heterocycles. The number of hydrogen-bond acceptors (Lipinski definition) is 3. The maximum atomic E-state index is 12.8. The number of aromatic nitrogens is 1. The summed E-state index contributed by atoms with van der Waals surface area (Å²) in [4.78, 5) is 11.7. The zero-order valence-electron chi connectivity index (χ0n) is 9.87. The predicted molar refractivity (Wildman–Crippen MR) is 65.3 cm³/mol. The Morgan fingerprint density at radius 3 is 2.70 bits per heavy atom. The van der Waals surface area contributed by atoms with Gasteiger partial charge in [-0.15, -0.1) is 0 Å². The van der Waals surface area contributed by atoms with E-state index in [1.165, 1.54) is 18.4 Å². The molecule has 1 amide bonds. The third-order valence-corrected chi connectivity index (χ3v) is 2.63. The quantitative estimate of drug-likeness (QED) is 0.944. The molecule has 8 heteroatoms. The minimum atomic E-state index is -4.61. The molecule has 0 atom stereocenters. The van der Waals surface area contributed by atoms with Gasteiger partial charge in [-0.2, -0.15) is 13.2 Å². The molecule has 0 saturated carbocycles. The Morgan fingerprint density at radius 1 is 1.35 bits per heavy atom. The molecule has 0 saturated heterocycles. The molecule has 0 aliphatic carbocycles. The van der Waals surface area contributed by atoms with Crippen LogP contribution in [0.3, 0.4) is 0 Å². The smallest absolute Gasteiger partial charge is 0.364 e. The molecular weight excluding hydrogens is 297 g/mol. The van der Waals surface area contributed by atoms with E-state index in [-0.39, 0.29) is 17.1 Å². The number of alkyl halides is 3. The van der Waals surface area contributed by atoms with Crippen LogP contribution in [0.15, 0.2) is 35.1 Å². The Labute approximate surface area is 116 Å². The summed E-state index contributed by atoms with van der Waals surface area (Å²) >= 11 is 5.54. The molecule has 1 aromatic carbocycles. The van der Waals surface area contributed by atoms with Crippen LogP contribution in [0.1, 0.15) is 11.3 Å². The lowest BCUT2D eigenvalue weighted by Gasteiger charge is -2.13. The number of nitrogens with zero attached hydrogens (tertiary/aromatic N) is 1. The molecule has 0 aliphatic rings. The highest BCUT2D eigenvalue weighted by Crippen LogP contribution is 2.36. The fourth-order valence-corrected chi connectivity index (χ4v) is 1.72. The summed E-state index contributed by atoms with van der Waals surface area (Å²) in [6.07, 6.45) is -3.52. The summed E-state index contributed by atoms with van der Waals surface area (Å²) in [6, 6.07) is 4.58.